The van der Waals surface area contributed by atoms with Gasteiger partial charge in [0, 0.05) is 13.1 Å². The van der Waals surface area contributed by atoms with Crippen molar-refractivity contribution >= 4 is 15.7 Å². The van der Waals surface area contributed by atoms with Crippen molar-refractivity contribution in [3.8, 4) is 0 Å². The highest BCUT2D eigenvalue weighted by Gasteiger charge is 2.36. The first kappa shape index (κ1) is 13.9. The van der Waals surface area contributed by atoms with Gasteiger partial charge in [-0.3, -0.25) is 4.79 Å². The molecular weight excluding hydrogens is 290 g/mol. The van der Waals surface area contributed by atoms with E-state index in [1.807, 2.05) is 6.07 Å². The number of furan rings is 1. The summed E-state index contributed by atoms with van der Waals surface area (Å²) in [5, 5.41) is -0.675. The molecule has 0 aliphatic carbocycles. The molecule has 0 N–H and O–H groups in total. The van der Waals surface area contributed by atoms with Gasteiger partial charge in [0.2, 0.25) is 0 Å². The number of benzene rings is 1. The maximum atomic E-state index is 12.3. The molecule has 1 aliphatic rings. The highest BCUT2D eigenvalue weighted by Crippen LogP contribution is 2.28. The Kier molecular flexibility index (Phi) is 3.55. The number of carbonyl (C=O) groups is 1. The number of carbonyl (C=O) groups excluding carboxylic acids is 1. The Hall–Kier alpha value is -2.08. The summed E-state index contributed by atoms with van der Waals surface area (Å²) in [4.78, 5) is 13.8. The Morgan fingerprint density at radius 1 is 1.14 bits per heavy atom. The van der Waals surface area contributed by atoms with E-state index in [0.29, 0.717) is 0 Å². The molecule has 1 amide bonds. The van der Waals surface area contributed by atoms with Crippen LogP contribution in [0.4, 0.5) is 0 Å². The molecule has 5 nitrogen and oxygen atoms in total. The van der Waals surface area contributed by atoms with Crippen LogP contribution in [-0.4, -0.2) is 38.1 Å². The van der Waals surface area contributed by atoms with Crippen LogP contribution in [0, 0.1) is 0 Å². The second kappa shape index (κ2) is 5.37. The number of amides is 1. The molecule has 1 fully saturated rings. The van der Waals surface area contributed by atoms with Gasteiger partial charge in [0.1, 0.15) is 5.25 Å². The molecule has 0 radical (unpaired) electrons. The lowest BCUT2D eigenvalue weighted by Crippen LogP contribution is -2.45. The third kappa shape index (κ3) is 2.71. The topological polar surface area (TPSA) is 67.6 Å². The van der Waals surface area contributed by atoms with Crippen molar-refractivity contribution in [1.82, 2.24) is 4.90 Å². The molecule has 0 saturated carbocycles. The summed E-state index contributed by atoms with van der Waals surface area (Å²) in [5.74, 6) is -0.0594. The van der Waals surface area contributed by atoms with E-state index in [9.17, 15) is 13.2 Å². The van der Waals surface area contributed by atoms with E-state index in [-0.39, 0.29) is 30.5 Å². The van der Waals surface area contributed by atoms with E-state index in [0.717, 1.165) is 5.56 Å². The van der Waals surface area contributed by atoms with E-state index in [1.165, 1.54) is 11.2 Å². The third-order valence-electron chi connectivity index (χ3n) is 3.66. The van der Waals surface area contributed by atoms with Gasteiger partial charge in [-0.2, -0.15) is 0 Å². The first-order valence-corrected chi connectivity index (χ1v) is 8.39. The minimum absolute atomic E-state index is 0.0288. The van der Waals surface area contributed by atoms with Crippen molar-refractivity contribution in [1.29, 1.82) is 0 Å². The van der Waals surface area contributed by atoms with Crippen molar-refractivity contribution < 1.29 is 17.6 Å². The van der Waals surface area contributed by atoms with Crippen LogP contribution in [0.5, 0.6) is 0 Å². The molecule has 0 bridgehead atoms. The van der Waals surface area contributed by atoms with E-state index in [1.54, 1.807) is 36.4 Å². The van der Waals surface area contributed by atoms with Gasteiger partial charge < -0.3 is 9.32 Å². The lowest BCUT2D eigenvalue weighted by atomic mass is 10.1. The van der Waals surface area contributed by atoms with E-state index in [4.69, 9.17) is 4.42 Å². The summed E-state index contributed by atoms with van der Waals surface area (Å²) < 4.78 is 29.7. The molecule has 1 aromatic carbocycles. The van der Waals surface area contributed by atoms with E-state index >= 15 is 0 Å². The summed E-state index contributed by atoms with van der Waals surface area (Å²) in [6.45, 7) is 0.358. The maximum Gasteiger partial charge on any atom is 0.289 e. The zero-order valence-corrected chi connectivity index (χ0v) is 12.1. The predicted molar refractivity (Wildman–Crippen MR) is 77.6 cm³/mol. The largest absolute Gasteiger partial charge is 0.459 e. The Bertz CT molecular complexity index is 722. The minimum atomic E-state index is -3.24. The number of hydrogen-bond donors (Lipinski definition) is 0. The fourth-order valence-corrected chi connectivity index (χ4v) is 4.24. The van der Waals surface area contributed by atoms with Crippen molar-refractivity contribution in [3.63, 3.8) is 0 Å². The van der Waals surface area contributed by atoms with Crippen LogP contribution in [0.1, 0.15) is 21.4 Å². The van der Waals surface area contributed by atoms with Gasteiger partial charge in [-0.05, 0) is 17.7 Å². The zero-order chi connectivity index (χ0) is 14.9. The number of sulfone groups is 1. The molecule has 1 aromatic heterocycles. The first-order chi connectivity index (χ1) is 10.1. The highest BCUT2D eigenvalue weighted by molar-refractivity contribution is 7.91. The normalized spacial score (nSPS) is 21.1. The average Bonchev–Trinajstić information content (AvgIpc) is 3.01. The van der Waals surface area contributed by atoms with Gasteiger partial charge in [-0.1, -0.05) is 30.3 Å². The summed E-state index contributed by atoms with van der Waals surface area (Å²) >= 11 is 0. The molecule has 21 heavy (non-hydrogen) atoms. The van der Waals surface area contributed by atoms with E-state index in [2.05, 4.69) is 0 Å². The van der Waals surface area contributed by atoms with Crippen molar-refractivity contribution in [2.24, 2.45) is 0 Å². The number of hydrogen-bond acceptors (Lipinski definition) is 4. The van der Waals surface area contributed by atoms with Gasteiger partial charge in [-0.15, -0.1) is 0 Å². The SMILES string of the molecule is O=C(c1ccco1)N1CCS(=O)(=O)C(c2ccccc2)C1. The van der Waals surface area contributed by atoms with Gasteiger partial charge in [0.15, 0.2) is 15.6 Å². The molecule has 1 saturated heterocycles. The van der Waals surface area contributed by atoms with Crippen LogP contribution in [0.2, 0.25) is 0 Å². The maximum absolute atomic E-state index is 12.3. The second-order valence-corrected chi connectivity index (χ2v) is 7.30. The Labute approximate surface area is 123 Å². The molecule has 1 unspecified atom stereocenters. The molecule has 1 atom stereocenters. The zero-order valence-electron chi connectivity index (χ0n) is 11.3. The summed E-state index contributed by atoms with van der Waals surface area (Å²) in [7, 11) is -3.24. The molecule has 6 heteroatoms. The monoisotopic (exact) mass is 305 g/mol. The molecule has 1 aliphatic heterocycles. The molecule has 0 spiro atoms. The van der Waals surface area contributed by atoms with Crippen LogP contribution in [0.25, 0.3) is 0 Å². The van der Waals surface area contributed by atoms with Gasteiger partial charge in [0.05, 0.1) is 12.0 Å². The smallest absolute Gasteiger partial charge is 0.289 e. The van der Waals surface area contributed by atoms with Gasteiger partial charge in [-0.25, -0.2) is 8.42 Å². The highest BCUT2D eigenvalue weighted by atomic mass is 32.2. The lowest BCUT2D eigenvalue weighted by Gasteiger charge is -2.32. The Morgan fingerprint density at radius 2 is 1.90 bits per heavy atom. The van der Waals surface area contributed by atoms with Crippen molar-refractivity contribution in [3.05, 3.63) is 60.1 Å². The molecule has 2 heterocycles. The first-order valence-electron chi connectivity index (χ1n) is 6.67. The van der Waals surface area contributed by atoms with Crippen molar-refractivity contribution in [2.75, 3.05) is 18.8 Å². The third-order valence-corrected chi connectivity index (χ3v) is 5.70. The van der Waals surface area contributed by atoms with Crippen molar-refractivity contribution in [2.45, 2.75) is 5.25 Å². The number of rotatable bonds is 2. The van der Waals surface area contributed by atoms with Crippen LogP contribution < -0.4 is 0 Å². The summed E-state index contributed by atoms with van der Waals surface area (Å²) in [6.07, 6.45) is 1.43. The molecular formula is C15H15NO4S. The molecule has 110 valence electrons. The minimum Gasteiger partial charge on any atom is -0.459 e. The van der Waals surface area contributed by atoms with Crippen LogP contribution in [0.15, 0.2) is 53.1 Å². The van der Waals surface area contributed by atoms with E-state index < -0.39 is 15.1 Å². The predicted octanol–water partition coefficient (Wildman–Crippen LogP) is 1.89. The number of nitrogens with zero attached hydrogens (tertiary/aromatic N) is 1. The summed E-state index contributed by atoms with van der Waals surface area (Å²) in [5.41, 5.74) is 0.717. The fraction of sp³-hybridized carbons (Fsp3) is 0.267. The standard InChI is InChI=1S/C15H15NO4S/c17-15(13-7-4-9-20-13)16-8-10-21(18,19)14(11-16)12-5-2-1-3-6-12/h1-7,9,14H,8,10-11H2. The Balaban J connectivity index is 1.87. The summed E-state index contributed by atoms with van der Waals surface area (Å²) in [6, 6.07) is 12.2. The quantitative estimate of drug-likeness (QED) is 0.849. The fourth-order valence-electron chi connectivity index (χ4n) is 2.51. The van der Waals surface area contributed by atoms with Gasteiger partial charge >= 0.3 is 0 Å². The molecule has 2 aromatic rings. The van der Waals surface area contributed by atoms with Crippen LogP contribution in [-0.2, 0) is 9.84 Å². The average molecular weight is 305 g/mol. The second-order valence-electron chi connectivity index (χ2n) is 4.99. The van der Waals surface area contributed by atoms with Crippen LogP contribution in [0.3, 0.4) is 0 Å². The molecule has 3 rings (SSSR count). The van der Waals surface area contributed by atoms with Gasteiger partial charge in [0.25, 0.3) is 5.91 Å². The van der Waals surface area contributed by atoms with Crippen LogP contribution >= 0.6 is 0 Å². The lowest BCUT2D eigenvalue weighted by molar-refractivity contribution is 0.0726. The Morgan fingerprint density at radius 3 is 2.57 bits per heavy atom.